The van der Waals surface area contributed by atoms with E-state index in [0.29, 0.717) is 5.02 Å². The maximum absolute atomic E-state index is 12.2. The number of rotatable bonds is 6. The van der Waals surface area contributed by atoms with E-state index in [0.717, 1.165) is 12.0 Å². The highest BCUT2D eigenvalue weighted by molar-refractivity contribution is 6.30. The highest BCUT2D eigenvalue weighted by Crippen LogP contribution is 2.18. The smallest absolute Gasteiger partial charge is 0.237 e. The van der Waals surface area contributed by atoms with Crippen molar-refractivity contribution in [1.29, 1.82) is 0 Å². The van der Waals surface area contributed by atoms with Crippen LogP contribution in [0.2, 0.25) is 5.02 Å². The van der Waals surface area contributed by atoms with E-state index in [4.69, 9.17) is 11.6 Å². The van der Waals surface area contributed by atoms with Crippen LogP contribution < -0.4 is 10.6 Å². The molecule has 0 aliphatic carbocycles. The summed E-state index contributed by atoms with van der Waals surface area (Å²) in [6.07, 6.45) is 0.898. The molecular weight excluding hydrogens is 272 g/mol. The Morgan fingerprint density at radius 3 is 2.55 bits per heavy atom. The summed E-state index contributed by atoms with van der Waals surface area (Å²) in [6, 6.07) is 7.50. The van der Waals surface area contributed by atoms with Gasteiger partial charge in [0.15, 0.2) is 0 Å². The molecule has 20 heavy (non-hydrogen) atoms. The number of hydrogen-bond acceptors (Lipinski definition) is 2. The number of amides is 1. The molecule has 2 atom stereocenters. The van der Waals surface area contributed by atoms with Crippen LogP contribution in [0.4, 0.5) is 0 Å². The van der Waals surface area contributed by atoms with Crippen LogP contribution in [0.5, 0.6) is 0 Å². The molecule has 4 heteroatoms. The molecule has 2 N–H and O–H groups in total. The third kappa shape index (κ3) is 5.14. The molecule has 1 aromatic carbocycles. The second-order valence-corrected chi connectivity index (χ2v) is 6.33. The van der Waals surface area contributed by atoms with Crippen molar-refractivity contribution in [2.24, 2.45) is 0 Å². The van der Waals surface area contributed by atoms with Crippen molar-refractivity contribution in [2.75, 3.05) is 0 Å². The summed E-state index contributed by atoms with van der Waals surface area (Å²) in [7, 11) is 0. The molecule has 0 saturated heterocycles. The van der Waals surface area contributed by atoms with Crippen LogP contribution in [0.3, 0.4) is 0 Å². The lowest BCUT2D eigenvalue weighted by Crippen LogP contribution is -2.51. The molecule has 112 valence electrons. The Balaban J connectivity index is 2.61. The van der Waals surface area contributed by atoms with Gasteiger partial charge >= 0.3 is 0 Å². The molecule has 3 nitrogen and oxygen atoms in total. The molecule has 1 aromatic rings. The normalized spacial score (nSPS) is 14.7. The minimum absolute atomic E-state index is 0.0192. The number of carbonyl (C=O) groups excluding carboxylic acids is 1. The number of carbonyl (C=O) groups is 1. The van der Waals surface area contributed by atoms with Gasteiger partial charge in [0.1, 0.15) is 0 Å². The number of nitrogens with one attached hydrogen (secondary N) is 2. The first kappa shape index (κ1) is 17.0. The second-order valence-electron chi connectivity index (χ2n) is 5.89. The zero-order valence-corrected chi connectivity index (χ0v) is 13.7. The first-order valence-electron chi connectivity index (χ1n) is 7.08. The van der Waals surface area contributed by atoms with Crippen LogP contribution >= 0.6 is 11.6 Å². The van der Waals surface area contributed by atoms with Gasteiger partial charge in [-0.15, -0.1) is 0 Å². The van der Waals surface area contributed by atoms with Crippen molar-refractivity contribution >= 4 is 17.5 Å². The lowest BCUT2D eigenvalue weighted by Gasteiger charge is -2.28. The molecule has 0 spiro atoms. The Bertz CT molecular complexity index is 460. The van der Waals surface area contributed by atoms with Gasteiger partial charge in [-0.2, -0.15) is 0 Å². The summed E-state index contributed by atoms with van der Waals surface area (Å²) in [4.78, 5) is 12.2. The van der Waals surface area contributed by atoms with E-state index in [1.54, 1.807) is 0 Å². The third-order valence-electron chi connectivity index (χ3n) is 3.59. The van der Waals surface area contributed by atoms with Gasteiger partial charge in [0.05, 0.1) is 6.04 Å². The van der Waals surface area contributed by atoms with Crippen molar-refractivity contribution in [3.63, 3.8) is 0 Å². The molecule has 0 aliphatic heterocycles. The molecule has 0 heterocycles. The molecule has 0 radical (unpaired) electrons. The third-order valence-corrected chi connectivity index (χ3v) is 3.82. The Kier molecular flexibility index (Phi) is 6.03. The molecular formula is C16H25ClN2O. The first-order valence-corrected chi connectivity index (χ1v) is 7.46. The molecule has 0 aromatic heterocycles. The van der Waals surface area contributed by atoms with Crippen molar-refractivity contribution < 1.29 is 4.79 Å². The number of benzene rings is 1. The molecule has 0 bridgehead atoms. The highest BCUT2D eigenvalue weighted by Gasteiger charge is 2.22. The van der Waals surface area contributed by atoms with E-state index < -0.39 is 0 Å². The topological polar surface area (TPSA) is 41.1 Å². The Hall–Kier alpha value is -1.06. The zero-order valence-electron chi connectivity index (χ0n) is 13.0. The van der Waals surface area contributed by atoms with Gasteiger partial charge in [-0.3, -0.25) is 10.1 Å². The molecule has 1 unspecified atom stereocenters. The minimum atomic E-state index is -0.255. The van der Waals surface area contributed by atoms with Crippen molar-refractivity contribution in [2.45, 2.75) is 58.7 Å². The van der Waals surface area contributed by atoms with Gasteiger partial charge in [0, 0.05) is 16.6 Å². The van der Waals surface area contributed by atoms with Crippen LogP contribution in [0, 0.1) is 0 Å². The largest absolute Gasteiger partial charge is 0.350 e. The fourth-order valence-electron chi connectivity index (χ4n) is 1.85. The quantitative estimate of drug-likeness (QED) is 0.841. The van der Waals surface area contributed by atoms with Crippen molar-refractivity contribution in [1.82, 2.24) is 10.6 Å². The zero-order chi connectivity index (χ0) is 15.3. The summed E-state index contributed by atoms with van der Waals surface area (Å²) < 4.78 is 0. The lowest BCUT2D eigenvalue weighted by molar-refractivity contribution is -0.124. The monoisotopic (exact) mass is 296 g/mol. The Morgan fingerprint density at radius 1 is 1.35 bits per heavy atom. The van der Waals surface area contributed by atoms with E-state index in [-0.39, 0.29) is 23.5 Å². The lowest BCUT2D eigenvalue weighted by atomic mass is 10.0. The van der Waals surface area contributed by atoms with Crippen molar-refractivity contribution in [3.8, 4) is 0 Å². The maximum Gasteiger partial charge on any atom is 0.237 e. The molecule has 0 saturated carbocycles. The summed E-state index contributed by atoms with van der Waals surface area (Å²) >= 11 is 5.99. The van der Waals surface area contributed by atoms with Gasteiger partial charge in [-0.25, -0.2) is 0 Å². The second kappa shape index (κ2) is 7.09. The fraction of sp³-hybridized carbons (Fsp3) is 0.562. The predicted octanol–water partition coefficient (Wildman–Crippen LogP) is 3.68. The average molecular weight is 297 g/mol. The van der Waals surface area contributed by atoms with Gasteiger partial charge in [0.2, 0.25) is 5.91 Å². The fourth-order valence-corrected chi connectivity index (χ4v) is 2.05. The average Bonchev–Trinajstić information content (AvgIpc) is 2.38. The van der Waals surface area contributed by atoms with Crippen LogP contribution in [0.1, 0.15) is 52.6 Å². The van der Waals surface area contributed by atoms with Crippen LogP contribution in [0.25, 0.3) is 0 Å². The Morgan fingerprint density at radius 2 is 2.00 bits per heavy atom. The van der Waals surface area contributed by atoms with Crippen LogP contribution in [-0.4, -0.2) is 17.5 Å². The van der Waals surface area contributed by atoms with Gasteiger partial charge < -0.3 is 5.32 Å². The standard InChI is InChI=1S/C16H25ClN2O/c1-6-16(4,5)19-15(20)12(3)18-11(2)13-8-7-9-14(17)10-13/h7-12,18H,6H2,1-5H3,(H,19,20)/t11-,12?/m0/s1. The van der Waals surface area contributed by atoms with Gasteiger partial charge in [-0.05, 0) is 51.8 Å². The van der Waals surface area contributed by atoms with Gasteiger partial charge in [-0.1, -0.05) is 30.7 Å². The first-order chi connectivity index (χ1) is 9.25. The molecule has 0 fully saturated rings. The van der Waals surface area contributed by atoms with Crippen LogP contribution in [0.15, 0.2) is 24.3 Å². The van der Waals surface area contributed by atoms with E-state index >= 15 is 0 Å². The van der Waals surface area contributed by atoms with Gasteiger partial charge in [0.25, 0.3) is 0 Å². The van der Waals surface area contributed by atoms with Crippen molar-refractivity contribution in [3.05, 3.63) is 34.9 Å². The Labute approximate surface area is 127 Å². The van der Waals surface area contributed by atoms with E-state index in [1.807, 2.05) is 52.0 Å². The summed E-state index contributed by atoms with van der Waals surface area (Å²) in [5.41, 5.74) is 0.902. The predicted molar refractivity (Wildman–Crippen MR) is 85.0 cm³/mol. The summed E-state index contributed by atoms with van der Waals surface area (Å²) in [5, 5.41) is 7.05. The minimum Gasteiger partial charge on any atom is -0.350 e. The molecule has 1 amide bonds. The summed E-state index contributed by atoms with van der Waals surface area (Å²) in [6.45, 7) is 10.0. The van der Waals surface area contributed by atoms with E-state index in [2.05, 4.69) is 17.6 Å². The highest BCUT2D eigenvalue weighted by atomic mass is 35.5. The number of hydrogen-bond donors (Lipinski definition) is 2. The number of halogens is 1. The molecule has 0 aliphatic rings. The van der Waals surface area contributed by atoms with Crippen LogP contribution in [-0.2, 0) is 4.79 Å². The maximum atomic E-state index is 12.2. The van der Waals surface area contributed by atoms with E-state index in [9.17, 15) is 4.79 Å². The van der Waals surface area contributed by atoms with E-state index in [1.165, 1.54) is 0 Å². The summed E-state index contributed by atoms with van der Waals surface area (Å²) in [5.74, 6) is 0.0192. The molecule has 1 rings (SSSR count). The SMILES string of the molecule is CCC(C)(C)NC(=O)C(C)N[C@@H](C)c1cccc(Cl)c1.